The SMILES string of the molecule is CN1CCC2(CC1)CN(c1ccccc1[C@H]1CCCN1)C2. The van der Waals surface area contributed by atoms with Gasteiger partial charge in [0, 0.05) is 30.2 Å². The minimum absolute atomic E-state index is 0.579. The number of para-hydroxylation sites is 1. The first kappa shape index (κ1) is 13.6. The van der Waals surface area contributed by atoms with Crippen LogP contribution in [0, 0.1) is 5.41 Å². The summed E-state index contributed by atoms with van der Waals surface area (Å²) in [6.45, 7) is 6.27. The summed E-state index contributed by atoms with van der Waals surface area (Å²) in [4.78, 5) is 5.10. The molecular formula is C18H27N3. The van der Waals surface area contributed by atoms with E-state index in [1.165, 1.54) is 69.7 Å². The van der Waals surface area contributed by atoms with E-state index in [4.69, 9.17) is 0 Å². The summed E-state index contributed by atoms with van der Waals surface area (Å²) in [6, 6.07) is 9.64. The van der Waals surface area contributed by atoms with Crippen molar-refractivity contribution in [1.82, 2.24) is 10.2 Å². The molecule has 21 heavy (non-hydrogen) atoms. The molecule has 0 amide bonds. The lowest BCUT2D eigenvalue weighted by Gasteiger charge is -2.55. The molecule has 0 aliphatic carbocycles. The summed E-state index contributed by atoms with van der Waals surface area (Å²) in [5, 5.41) is 3.66. The predicted molar refractivity (Wildman–Crippen MR) is 87.8 cm³/mol. The molecule has 1 aromatic carbocycles. The second-order valence-electron chi connectivity index (χ2n) is 7.37. The second kappa shape index (κ2) is 5.29. The highest BCUT2D eigenvalue weighted by atomic mass is 15.2. The Bertz CT molecular complexity index is 491. The van der Waals surface area contributed by atoms with E-state index in [0.717, 1.165) is 0 Å². The third-order valence-corrected chi connectivity index (χ3v) is 5.81. The van der Waals surface area contributed by atoms with Gasteiger partial charge in [-0.1, -0.05) is 18.2 Å². The Kier molecular flexibility index (Phi) is 3.43. The topological polar surface area (TPSA) is 18.5 Å². The maximum atomic E-state index is 3.66. The third kappa shape index (κ3) is 2.47. The number of hydrogen-bond donors (Lipinski definition) is 1. The Hall–Kier alpha value is -1.06. The van der Waals surface area contributed by atoms with Crippen molar-refractivity contribution in [2.75, 3.05) is 44.7 Å². The van der Waals surface area contributed by atoms with Crippen LogP contribution in [0.15, 0.2) is 24.3 Å². The van der Waals surface area contributed by atoms with E-state index in [0.29, 0.717) is 11.5 Å². The van der Waals surface area contributed by atoms with Gasteiger partial charge in [0.15, 0.2) is 0 Å². The lowest BCUT2D eigenvalue weighted by molar-refractivity contribution is 0.0904. The van der Waals surface area contributed by atoms with Crippen LogP contribution in [0.4, 0.5) is 5.69 Å². The molecule has 1 spiro atoms. The fourth-order valence-electron chi connectivity index (χ4n) is 4.36. The number of nitrogens with one attached hydrogen (secondary N) is 1. The quantitative estimate of drug-likeness (QED) is 0.901. The van der Waals surface area contributed by atoms with Crippen LogP contribution in [0.25, 0.3) is 0 Å². The lowest BCUT2D eigenvalue weighted by atomic mass is 9.71. The summed E-state index contributed by atoms with van der Waals surface area (Å²) in [5.41, 5.74) is 3.63. The van der Waals surface area contributed by atoms with Crippen molar-refractivity contribution in [1.29, 1.82) is 0 Å². The maximum absolute atomic E-state index is 3.66. The lowest BCUT2D eigenvalue weighted by Crippen LogP contribution is -2.60. The number of piperidine rings is 1. The Morgan fingerprint density at radius 2 is 1.90 bits per heavy atom. The van der Waals surface area contributed by atoms with Gasteiger partial charge in [-0.15, -0.1) is 0 Å². The van der Waals surface area contributed by atoms with E-state index in [-0.39, 0.29) is 0 Å². The van der Waals surface area contributed by atoms with Crippen LogP contribution >= 0.6 is 0 Å². The molecule has 114 valence electrons. The first-order chi connectivity index (χ1) is 10.3. The number of rotatable bonds is 2. The van der Waals surface area contributed by atoms with Crippen LogP contribution in [0.3, 0.4) is 0 Å². The van der Waals surface area contributed by atoms with E-state index in [1.54, 1.807) is 0 Å². The first-order valence-corrected chi connectivity index (χ1v) is 8.52. The molecule has 1 aromatic rings. The van der Waals surface area contributed by atoms with Crippen LogP contribution in [-0.4, -0.2) is 44.7 Å². The smallest absolute Gasteiger partial charge is 0.0415 e. The number of likely N-dealkylation sites (tertiary alicyclic amines) is 1. The monoisotopic (exact) mass is 285 g/mol. The molecule has 3 fully saturated rings. The molecule has 0 bridgehead atoms. The van der Waals surface area contributed by atoms with Crippen LogP contribution in [0.1, 0.15) is 37.3 Å². The highest BCUT2D eigenvalue weighted by Gasteiger charge is 2.45. The zero-order valence-corrected chi connectivity index (χ0v) is 13.1. The van der Waals surface area contributed by atoms with E-state index in [2.05, 4.69) is 46.4 Å². The Labute approximate surface area is 128 Å². The van der Waals surface area contributed by atoms with Crippen LogP contribution in [0.2, 0.25) is 0 Å². The predicted octanol–water partition coefficient (Wildman–Crippen LogP) is 2.64. The van der Waals surface area contributed by atoms with Gasteiger partial charge >= 0.3 is 0 Å². The largest absolute Gasteiger partial charge is 0.370 e. The summed E-state index contributed by atoms with van der Waals surface area (Å²) in [6.07, 6.45) is 5.36. The number of benzene rings is 1. The molecule has 3 aliphatic rings. The van der Waals surface area contributed by atoms with Gasteiger partial charge in [-0.05, 0) is 64.0 Å². The van der Waals surface area contributed by atoms with Gasteiger partial charge in [0.25, 0.3) is 0 Å². The molecule has 1 N–H and O–H groups in total. The fraction of sp³-hybridized carbons (Fsp3) is 0.667. The van der Waals surface area contributed by atoms with E-state index < -0.39 is 0 Å². The average molecular weight is 285 g/mol. The van der Waals surface area contributed by atoms with Crippen molar-refractivity contribution >= 4 is 5.69 Å². The van der Waals surface area contributed by atoms with Gasteiger partial charge in [0.2, 0.25) is 0 Å². The Morgan fingerprint density at radius 3 is 2.62 bits per heavy atom. The summed E-state index contributed by atoms with van der Waals surface area (Å²) < 4.78 is 0. The second-order valence-corrected chi connectivity index (χ2v) is 7.37. The van der Waals surface area contributed by atoms with Crippen molar-refractivity contribution in [2.24, 2.45) is 5.41 Å². The van der Waals surface area contributed by atoms with Crippen LogP contribution in [-0.2, 0) is 0 Å². The van der Waals surface area contributed by atoms with E-state index in [1.807, 2.05) is 0 Å². The zero-order chi connectivity index (χ0) is 14.3. The summed E-state index contributed by atoms with van der Waals surface area (Å²) >= 11 is 0. The Morgan fingerprint density at radius 1 is 1.14 bits per heavy atom. The van der Waals surface area contributed by atoms with Gasteiger partial charge in [-0.3, -0.25) is 0 Å². The minimum Gasteiger partial charge on any atom is -0.370 e. The molecule has 3 nitrogen and oxygen atoms in total. The molecular weight excluding hydrogens is 258 g/mol. The molecule has 0 unspecified atom stereocenters. The molecule has 0 aromatic heterocycles. The van der Waals surface area contributed by atoms with Gasteiger partial charge in [-0.2, -0.15) is 0 Å². The van der Waals surface area contributed by atoms with Gasteiger partial charge in [0.05, 0.1) is 0 Å². The van der Waals surface area contributed by atoms with Crippen molar-refractivity contribution < 1.29 is 0 Å². The molecule has 3 heterocycles. The maximum Gasteiger partial charge on any atom is 0.0415 e. The normalized spacial score (nSPS) is 28.8. The van der Waals surface area contributed by atoms with Gasteiger partial charge in [-0.25, -0.2) is 0 Å². The molecule has 3 heteroatoms. The molecule has 0 radical (unpaired) electrons. The highest BCUT2D eigenvalue weighted by Crippen LogP contribution is 2.44. The summed E-state index contributed by atoms with van der Waals surface area (Å²) in [5.74, 6) is 0. The first-order valence-electron chi connectivity index (χ1n) is 8.52. The van der Waals surface area contributed by atoms with Crippen molar-refractivity contribution in [3.05, 3.63) is 29.8 Å². The van der Waals surface area contributed by atoms with E-state index in [9.17, 15) is 0 Å². The zero-order valence-electron chi connectivity index (χ0n) is 13.1. The standard InChI is InChI=1S/C18H27N3/c1-20-11-8-18(9-12-20)13-21(14-18)17-7-3-2-5-15(17)16-6-4-10-19-16/h2-3,5,7,16,19H,4,6,8-14H2,1H3/t16-/m1/s1. The van der Waals surface area contributed by atoms with E-state index >= 15 is 0 Å². The van der Waals surface area contributed by atoms with Crippen LogP contribution in [0.5, 0.6) is 0 Å². The third-order valence-electron chi connectivity index (χ3n) is 5.81. The van der Waals surface area contributed by atoms with Crippen molar-refractivity contribution in [2.45, 2.75) is 31.7 Å². The number of anilines is 1. The van der Waals surface area contributed by atoms with Gasteiger partial charge < -0.3 is 15.1 Å². The number of nitrogens with zero attached hydrogens (tertiary/aromatic N) is 2. The molecule has 1 atom stereocenters. The Balaban J connectivity index is 1.48. The van der Waals surface area contributed by atoms with Crippen molar-refractivity contribution in [3.8, 4) is 0 Å². The molecule has 3 saturated heterocycles. The minimum atomic E-state index is 0.579. The highest BCUT2D eigenvalue weighted by molar-refractivity contribution is 5.57. The number of hydrogen-bond acceptors (Lipinski definition) is 3. The fourth-order valence-corrected chi connectivity index (χ4v) is 4.36. The molecule has 3 aliphatic heterocycles. The molecule has 0 saturated carbocycles. The van der Waals surface area contributed by atoms with Gasteiger partial charge in [0.1, 0.15) is 0 Å². The van der Waals surface area contributed by atoms with Crippen molar-refractivity contribution in [3.63, 3.8) is 0 Å². The van der Waals surface area contributed by atoms with Crippen LogP contribution < -0.4 is 10.2 Å². The average Bonchev–Trinajstić information content (AvgIpc) is 3.00. The summed E-state index contributed by atoms with van der Waals surface area (Å²) in [7, 11) is 2.25. The molecule has 4 rings (SSSR count).